The number of hydrogen-bond acceptors (Lipinski definition) is 7. The van der Waals surface area contributed by atoms with Gasteiger partial charge in [0.25, 0.3) is 0 Å². The van der Waals surface area contributed by atoms with E-state index in [1.165, 1.54) is 0 Å². The van der Waals surface area contributed by atoms with Gasteiger partial charge >= 0.3 is 6.09 Å². The smallest absolute Gasteiger partial charge is 0.410 e. The topological polar surface area (TPSA) is 107 Å². The molecule has 45 heavy (non-hydrogen) atoms. The van der Waals surface area contributed by atoms with Gasteiger partial charge in [0.15, 0.2) is 0 Å². The number of likely N-dealkylation sites (tertiary alicyclic amines) is 1. The van der Waals surface area contributed by atoms with Gasteiger partial charge in [0, 0.05) is 48.8 Å². The number of aryl methyl sites for hydroxylation is 2. The lowest BCUT2D eigenvalue weighted by atomic mass is 10.0. The van der Waals surface area contributed by atoms with Crippen molar-refractivity contribution in [1.82, 2.24) is 19.9 Å². The number of fused-ring (bicyclic) bond motifs is 1. The maximum atomic E-state index is 14.2. The van der Waals surface area contributed by atoms with E-state index in [1.54, 1.807) is 17.3 Å². The van der Waals surface area contributed by atoms with Crippen molar-refractivity contribution in [1.29, 1.82) is 0 Å². The highest BCUT2D eigenvalue weighted by Gasteiger charge is 2.31. The number of nitrogens with one attached hydrogen (secondary N) is 1. The minimum atomic E-state index is -0.326. The van der Waals surface area contributed by atoms with Crippen LogP contribution < -0.4 is 10.0 Å². The Hall–Kier alpha value is -4.76. The fourth-order valence-corrected chi connectivity index (χ4v) is 6.20. The molecule has 1 N–H and O–H groups in total. The molecular weight excluding hydrogens is 588 g/mol. The lowest BCUT2D eigenvalue weighted by Crippen LogP contribution is -2.39. The first-order valence-corrected chi connectivity index (χ1v) is 15.7. The molecule has 0 radical (unpaired) electrons. The van der Waals surface area contributed by atoms with Crippen LogP contribution in [0.15, 0.2) is 79.1 Å². The molecule has 2 aromatic carbocycles. The summed E-state index contributed by atoms with van der Waals surface area (Å²) in [6.45, 7) is 5.45. The number of carbonyl (C=O) groups is 1. The molecule has 6 rings (SSSR count). The average molecular weight is 623 g/mol. The van der Waals surface area contributed by atoms with E-state index < -0.39 is 0 Å². The van der Waals surface area contributed by atoms with Gasteiger partial charge in [-0.3, -0.25) is 4.98 Å². The van der Waals surface area contributed by atoms with Gasteiger partial charge in [-0.1, -0.05) is 48.0 Å². The van der Waals surface area contributed by atoms with Crippen molar-refractivity contribution in [3.05, 3.63) is 106 Å². The van der Waals surface area contributed by atoms with E-state index in [-0.39, 0.29) is 18.7 Å². The van der Waals surface area contributed by atoms with Crippen LogP contribution in [-0.4, -0.2) is 45.1 Å². The quantitative estimate of drug-likeness (QED) is 0.138. The summed E-state index contributed by atoms with van der Waals surface area (Å²) in [5, 5.41) is 18.7. The van der Waals surface area contributed by atoms with E-state index in [1.807, 2.05) is 80.6 Å². The second-order valence-corrected chi connectivity index (χ2v) is 11.7. The standard InChI is InChI=1S/C35H35ClN6O3/c1-3-38-33-16-12-26-19-32(28-14-11-25(18-29(28)36)30-21-37-20-23(2)39-30)42(44)31(34(26)40-33)15-13-27-10-7-17-41(27)35(43)45-22-24-8-5-4-6-9-24/h4-6,8-9,11-12,14,16,18-21,27H,3,7,10,13,15,17,22H2,1-2H3,(H,38,40). The van der Waals surface area contributed by atoms with Crippen LogP contribution in [0.25, 0.3) is 33.4 Å². The van der Waals surface area contributed by atoms with Crippen molar-refractivity contribution in [3.63, 3.8) is 0 Å². The summed E-state index contributed by atoms with van der Waals surface area (Å²) in [6, 6.07) is 20.9. The van der Waals surface area contributed by atoms with Gasteiger partial charge in [0.2, 0.25) is 11.4 Å². The van der Waals surface area contributed by atoms with Crippen molar-refractivity contribution in [3.8, 4) is 22.5 Å². The van der Waals surface area contributed by atoms with Crippen molar-refractivity contribution < 1.29 is 14.3 Å². The number of ether oxygens (including phenoxy) is 1. The van der Waals surface area contributed by atoms with Crippen molar-refractivity contribution >= 4 is 34.4 Å². The van der Waals surface area contributed by atoms with Gasteiger partial charge < -0.3 is 20.2 Å². The van der Waals surface area contributed by atoms with Crippen molar-refractivity contribution in [2.75, 3.05) is 18.4 Å². The molecule has 1 fully saturated rings. The summed E-state index contributed by atoms with van der Waals surface area (Å²) in [7, 11) is 0. The molecule has 1 aliphatic heterocycles. The number of aromatic nitrogens is 4. The van der Waals surface area contributed by atoms with E-state index in [0.29, 0.717) is 64.9 Å². The first kappa shape index (κ1) is 30.3. The molecule has 4 heterocycles. The molecule has 5 aromatic rings. The summed E-state index contributed by atoms with van der Waals surface area (Å²) in [6.07, 6.45) is 5.84. The number of hydrogen-bond donors (Lipinski definition) is 1. The normalized spacial score (nSPS) is 14.6. The van der Waals surface area contributed by atoms with Crippen LogP contribution in [0.2, 0.25) is 5.02 Å². The molecule has 1 atom stereocenters. The Morgan fingerprint density at radius 3 is 2.73 bits per heavy atom. The van der Waals surface area contributed by atoms with E-state index in [4.69, 9.17) is 21.3 Å². The van der Waals surface area contributed by atoms with Crippen LogP contribution >= 0.6 is 11.6 Å². The number of rotatable bonds is 9. The van der Waals surface area contributed by atoms with Crippen LogP contribution in [0, 0.1) is 12.1 Å². The largest absolute Gasteiger partial charge is 0.618 e. The van der Waals surface area contributed by atoms with Crippen LogP contribution in [0.4, 0.5) is 10.6 Å². The first-order chi connectivity index (χ1) is 21.9. The highest BCUT2D eigenvalue weighted by molar-refractivity contribution is 6.33. The minimum absolute atomic E-state index is 0.0396. The molecule has 1 amide bonds. The fourth-order valence-electron chi connectivity index (χ4n) is 5.92. The maximum Gasteiger partial charge on any atom is 0.410 e. The summed E-state index contributed by atoms with van der Waals surface area (Å²) >= 11 is 6.82. The highest BCUT2D eigenvalue weighted by atomic mass is 35.5. The van der Waals surface area contributed by atoms with Crippen LogP contribution in [0.5, 0.6) is 0 Å². The lowest BCUT2D eigenvalue weighted by molar-refractivity contribution is -0.601. The van der Waals surface area contributed by atoms with E-state index in [9.17, 15) is 10.0 Å². The number of carbonyl (C=O) groups excluding carboxylic acids is 1. The van der Waals surface area contributed by atoms with Gasteiger partial charge in [0.05, 0.1) is 28.2 Å². The molecule has 0 spiro atoms. The van der Waals surface area contributed by atoms with Crippen molar-refractivity contribution in [2.45, 2.75) is 52.2 Å². The van der Waals surface area contributed by atoms with Gasteiger partial charge in [-0.05, 0) is 62.9 Å². The van der Waals surface area contributed by atoms with Gasteiger partial charge in [-0.15, -0.1) is 0 Å². The summed E-state index contributed by atoms with van der Waals surface area (Å²) in [5.41, 5.74) is 5.49. The van der Waals surface area contributed by atoms with Gasteiger partial charge in [-0.25, -0.2) is 14.8 Å². The third kappa shape index (κ3) is 6.68. The Balaban J connectivity index is 1.30. The van der Waals surface area contributed by atoms with Crippen LogP contribution in [0.3, 0.4) is 0 Å². The van der Waals surface area contributed by atoms with E-state index in [0.717, 1.165) is 39.8 Å². The Labute approximate surface area is 267 Å². The van der Waals surface area contributed by atoms with Gasteiger partial charge in [-0.2, -0.15) is 4.73 Å². The number of benzene rings is 2. The van der Waals surface area contributed by atoms with Crippen LogP contribution in [0.1, 0.15) is 43.1 Å². The second-order valence-electron chi connectivity index (χ2n) is 11.2. The predicted molar refractivity (Wildman–Crippen MR) is 176 cm³/mol. The number of pyridine rings is 2. The third-order valence-corrected chi connectivity index (χ3v) is 8.45. The van der Waals surface area contributed by atoms with E-state index in [2.05, 4.69) is 15.3 Å². The molecular formula is C35H35ClN6O3. The molecule has 1 saturated heterocycles. The Morgan fingerprint density at radius 1 is 1.11 bits per heavy atom. The molecule has 10 heteroatoms. The summed E-state index contributed by atoms with van der Waals surface area (Å²) in [4.78, 5) is 28.5. The number of halogens is 1. The summed E-state index contributed by atoms with van der Waals surface area (Å²) < 4.78 is 6.60. The van der Waals surface area contributed by atoms with Crippen LogP contribution in [-0.2, 0) is 17.8 Å². The third-order valence-electron chi connectivity index (χ3n) is 8.14. The minimum Gasteiger partial charge on any atom is -0.618 e. The first-order valence-electron chi connectivity index (χ1n) is 15.3. The number of nitrogens with zero attached hydrogens (tertiary/aromatic N) is 5. The maximum absolute atomic E-state index is 14.2. The van der Waals surface area contributed by atoms with Gasteiger partial charge in [0.1, 0.15) is 17.9 Å². The molecule has 0 aliphatic carbocycles. The zero-order valence-corrected chi connectivity index (χ0v) is 26.1. The molecule has 1 unspecified atom stereocenters. The predicted octanol–water partition coefficient (Wildman–Crippen LogP) is 7.12. The Morgan fingerprint density at radius 2 is 1.96 bits per heavy atom. The molecule has 3 aromatic heterocycles. The number of anilines is 1. The lowest BCUT2D eigenvalue weighted by Gasteiger charge is -2.24. The molecule has 9 nitrogen and oxygen atoms in total. The highest BCUT2D eigenvalue weighted by Crippen LogP contribution is 2.33. The SMILES string of the molecule is CCNc1ccc2cc(-c3ccc(-c4cncc(C)n4)cc3Cl)[n+]([O-])c(CCC3CCCN3C(=O)OCc3ccccc3)c2n1. The Kier molecular flexibility index (Phi) is 9.07. The molecule has 0 saturated carbocycles. The monoisotopic (exact) mass is 622 g/mol. The Bertz CT molecular complexity index is 1830. The molecule has 1 aliphatic rings. The molecule has 0 bridgehead atoms. The fraction of sp³-hybridized carbons (Fsp3) is 0.286. The number of amides is 1. The zero-order chi connectivity index (χ0) is 31.3. The summed E-state index contributed by atoms with van der Waals surface area (Å²) in [5.74, 6) is 0.702. The average Bonchev–Trinajstić information content (AvgIpc) is 3.53. The van der Waals surface area contributed by atoms with Crippen molar-refractivity contribution in [2.24, 2.45) is 0 Å². The second kappa shape index (κ2) is 13.5. The van der Waals surface area contributed by atoms with E-state index >= 15 is 0 Å². The zero-order valence-electron chi connectivity index (χ0n) is 25.4. The molecule has 230 valence electrons.